The van der Waals surface area contributed by atoms with Crippen LogP contribution >= 0.6 is 0 Å². The first kappa shape index (κ1) is 28.8. The fraction of sp³-hybridized carbons (Fsp3) is 0. The topological polar surface area (TPSA) is 77.3 Å². The van der Waals surface area contributed by atoms with Crippen molar-refractivity contribution in [2.45, 2.75) is 0 Å². The molecule has 6 heteroatoms. The molecule has 6 nitrogen and oxygen atoms in total. The second-order valence-electron chi connectivity index (χ2n) is 11.3. The molecule has 5 aromatic heterocycles. The maximum absolute atomic E-state index is 5.09. The number of pyridine rings is 4. The molecule has 0 radical (unpaired) electrons. The summed E-state index contributed by atoms with van der Waals surface area (Å²) in [7, 11) is 0. The van der Waals surface area contributed by atoms with Gasteiger partial charge in [-0.2, -0.15) is 0 Å². The van der Waals surface area contributed by atoms with Crippen LogP contribution in [0.15, 0.2) is 170 Å². The fourth-order valence-corrected chi connectivity index (χ4v) is 5.65. The van der Waals surface area contributed by atoms with Crippen molar-refractivity contribution >= 4 is 0 Å². The van der Waals surface area contributed by atoms with Gasteiger partial charge in [-0.15, -0.1) is 0 Å². The van der Waals surface area contributed by atoms with Crippen LogP contribution in [0, 0.1) is 0 Å². The average Bonchev–Trinajstić information content (AvgIpc) is 3.19. The first-order valence-electron chi connectivity index (χ1n) is 15.7. The van der Waals surface area contributed by atoms with Gasteiger partial charge in [0.25, 0.3) is 0 Å². The van der Waals surface area contributed by atoms with Crippen LogP contribution in [-0.2, 0) is 0 Å². The smallest absolute Gasteiger partial charge is 0.160 e. The van der Waals surface area contributed by atoms with Crippen molar-refractivity contribution in [2.24, 2.45) is 0 Å². The molecule has 226 valence electrons. The number of aromatic nitrogens is 6. The van der Waals surface area contributed by atoms with Gasteiger partial charge in [-0.25, -0.2) is 9.97 Å². The molecule has 0 saturated heterocycles. The maximum Gasteiger partial charge on any atom is 0.160 e. The Morgan fingerprint density at radius 1 is 0.271 bits per heavy atom. The molecule has 0 aliphatic heterocycles. The highest BCUT2D eigenvalue weighted by molar-refractivity contribution is 5.79. The third-order valence-electron chi connectivity index (χ3n) is 8.10. The summed E-state index contributed by atoms with van der Waals surface area (Å²) in [6.45, 7) is 0. The Labute approximate surface area is 278 Å². The minimum Gasteiger partial charge on any atom is -0.256 e. The van der Waals surface area contributed by atoms with Crippen LogP contribution < -0.4 is 0 Å². The second-order valence-corrected chi connectivity index (χ2v) is 11.3. The number of rotatable bonds is 7. The van der Waals surface area contributed by atoms with E-state index in [1.54, 1.807) is 12.4 Å². The third-order valence-corrected chi connectivity index (χ3v) is 8.10. The minimum absolute atomic E-state index is 0.556. The van der Waals surface area contributed by atoms with Crippen molar-refractivity contribution < 1.29 is 0 Å². The molecule has 48 heavy (non-hydrogen) atoms. The highest BCUT2D eigenvalue weighted by Crippen LogP contribution is 2.33. The van der Waals surface area contributed by atoms with E-state index in [9.17, 15) is 0 Å². The molecule has 0 bridgehead atoms. The number of nitrogens with zero attached hydrogens (tertiary/aromatic N) is 6. The molecule has 5 heterocycles. The summed E-state index contributed by atoms with van der Waals surface area (Å²) in [6, 6.07) is 48.6. The van der Waals surface area contributed by atoms with Gasteiger partial charge in [-0.1, -0.05) is 84.9 Å². The van der Waals surface area contributed by atoms with Crippen LogP contribution in [0.25, 0.3) is 78.9 Å². The Morgan fingerprint density at radius 2 is 0.729 bits per heavy atom. The Morgan fingerprint density at radius 3 is 1.15 bits per heavy atom. The van der Waals surface area contributed by atoms with E-state index < -0.39 is 0 Å². The highest BCUT2D eigenvalue weighted by Gasteiger charge is 2.16. The summed E-state index contributed by atoms with van der Waals surface area (Å²) in [5.41, 5.74) is 11.6. The van der Waals surface area contributed by atoms with E-state index >= 15 is 0 Å². The molecular formula is C42H28N6. The first-order chi connectivity index (χ1) is 23.8. The SMILES string of the molecule is c1ccc(-c2ccc(-c3cc(-c4ccc(-c5ccccc5)cn4)nc(-c4cc(-c5ccccn5)cc(-c5ccccn5)c4)n3)nc2)cc1. The second kappa shape index (κ2) is 13.0. The van der Waals surface area contributed by atoms with E-state index in [1.165, 1.54) is 0 Å². The molecule has 8 rings (SSSR count). The molecule has 0 N–H and O–H groups in total. The van der Waals surface area contributed by atoms with Gasteiger partial charge in [0, 0.05) is 52.6 Å². The lowest BCUT2D eigenvalue weighted by Gasteiger charge is -2.12. The van der Waals surface area contributed by atoms with Crippen LogP contribution in [0.3, 0.4) is 0 Å². The van der Waals surface area contributed by atoms with E-state index in [0.717, 1.165) is 61.7 Å². The molecule has 0 amide bonds. The lowest BCUT2D eigenvalue weighted by atomic mass is 10.00. The van der Waals surface area contributed by atoms with Crippen LogP contribution in [0.1, 0.15) is 0 Å². The minimum atomic E-state index is 0.556. The van der Waals surface area contributed by atoms with E-state index in [0.29, 0.717) is 17.2 Å². The zero-order valence-corrected chi connectivity index (χ0v) is 25.8. The standard InChI is InChI=1S/C42H28N6/c1-3-11-29(12-4-1)31-17-19-38(45-27-31)40-26-41(39-20-18-32(28-46-39)30-13-5-2-6-14-30)48-42(47-40)35-24-33(36-15-7-9-21-43-36)23-34(25-35)37-16-8-10-22-44-37/h1-28H. The van der Waals surface area contributed by atoms with Gasteiger partial charge in [0.05, 0.1) is 34.2 Å². The normalized spacial score (nSPS) is 10.9. The summed E-state index contributed by atoms with van der Waals surface area (Å²) in [4.78, 5) is 29.2. The quantitative estimate of drug-likeness (QED) is 0.177. The van der Waals surface area contributed by atoms with Crippen molar-refractivity contribution in [2.75, 3.05) is 0 Å². The Kier molecular flexibility index (Phi) is 7.79. The number of benzene rings is 3. The van der Waals surface area contributed by atoms with Gasteiger partial charge in [-0.05, 0) is 71.8 Å². The zero-order valence-electron chi connectivity index (χ0n) is 25.8. The largest absolute Gasteiger partial charge is 0.256 e. The lowest BCUT2D eigenvalue weighted by Crippen LogP contribution is -1.99. The fourth-order valence-electron chi connectivity index (χ4n) is 5.65. The van der Waals surface area contributed by atoms with Gasteiger partial charge in [-0.3, -0.25) is 19.9 Å². The summed E-state index contributed by atoms with van der Waals surface area (Å²) in [6.07, 6.45) is 7.38. The first-order valence-corrected chi connectivity index (χ1v) is 15.7. The van der Waals surface area contributed by atoms with Crippen LogP contribution in [0.2, 0.25) is 0 Å². The van der Waals surface area contributed by atoms with Crippen molar-refractivity contribution in [1.82, 2.24) is 29.9 Å². The van der Waals surface area contributed by atoms with Crippen LogP contribution in [0.5, 0.6) is 0 Å². The van der Waals surface area contributed by atoms with Crippen molar-refractivity contribution in [3.63, 3.8) is 0 Å². The Balaban J connectivity index is 1.28. The monoisotopic (exact) mass is 616 g/mol. The third kappa shape index (κ3) is 6.10. The molecule has 0 saturated carbocycles. The highest BCUT2D eigenvalue weighted by atomic mass is 14.9. The Hall–Kier alpha value is -6.66. The average molecular weight is 617 g/mol. The van der Waals surface area contributed by atoms with Crippen molar-refractivity contribution in [3.8, 4) is 78.9 Å². The van der Waals surface area contributed by atoms with E-state index in [4.69, 9.17) is 19.9 Å². The molecule has 0 aliphatic carbocycles. The summed E-state index contributed by atoms with van der Waals surface area (Å²) < 4.78 is 0. The summed E-state index contributed by atoms with van der Waals surface area (Å²) in [5.74, 6) is 0.556. The molecule has 0 spiro atoms. The summed E-state index contributed by atoms with van der Waals surface area (Å²) in [5, 5.41) is 0. The van der Waals surface area contributed by atoms with Crippen molar-refractivity contribution in [3.05, 3.63) is 170 Å². The lowest BCUT2D eigenvalue weighted by molar-refractivity contribution is 1.15. The van der Waals surface area contributed by atoms with Gasteiger partial charge in [0.2, 0.25) is 0 Å². The number of hydrogen-bond acceptors (Lipinski definition) is 6. The zero-order chi connectivity index (χ0) is 32.1. The van der Waals surface area contributed by atoms with Crippen LogP contribution in [-0.4, -0.2) is 29.9 Å². The molecule has 3 aromatic carbocycles. The summed E-state index contributed by atoms with van der Waals surface area (Å²) >= 11 is 0. The van der Waals surface area contributed by atoms with E-state index in [2.05, 4.69) is 64.6 Å². The molecular weight excluding hydrogens is 589 g/mol. The molecule has 0 fully saturated rings. The molecule has 0 aliphatic rings. The van der Waals surface area contributed by atoms with Crippen molar-refractivity contribution in [1.29, 1.82) is 0 Å². The molecule has 8 aromatic rings. The van der Waals surface area contributed by atoms with E-state index in [-0.39, 0.29) is 0 Å². The van der Waals surface area contributed by atoms with Gasteiger partial charge in [0.15, 0.2) is 5.82 Å². The van der Waals surface area contributed by atoms with Gasteiger partial charge < -0.3 is 0 Å². The van der Waals surface area contributed by atoms with Gasteiger partial charge >= 0.3 is 0 Å². The molecule has 0 unspecified atom stereocenters. The molecule has 0 atom stereocenters. The number of hydrogen-bond donors (Lipinski definition) is 0. The van der Waals surface area contributed by atoms with E-state index in [1.807, 2.05) is 103 Å². The predicted octanol–water partition coefficient (Wildman–Crippen LogP) is 9.73. The maximum atomic E-state index is 5.09. The van der Waals surface area contributed by atoms with Crippen LogP contribution in [0.4, 0.5) is 0 Å². The van der Waals surface area contributed by atoms with Gasteiger partial charge in [0.1, 0.15) is 0 Å². The Bertz CT molecular complexity index is 2130. The predicted molar refractivity (Wildman–Crippen MR) is 191 cm³/mol.